The lowest BCUT2D eigenvalue weighted by molar-refractivity contribution is -0.118. The number of rotatable bonds is 5. The van der Waals surface area contributed by atoms with Crippen LogP contribution in [0.4, 0.5) is 5.69 Å². The van der Waals surface area contributed by atoms with Gasteiger partial charge in [-0.2, -0.15) is 0 Å². The van der Waals surface area contributed by atoms with Gasteiger partial charge in [0.25, 0.3) is 0 Å². The lowest BCUT2D eigenvalue weighted by Crippen LogP contribution is -2.17. The van der Waals surface area contributed by atoms with Gasteiger partial charge in [-0.3, -0.25) is 4.79 Å². The van der Waals surface area contributed by atoms with E-state index in [0.717, 1.165) is 38.1 Å². The predicted molar refractivity (Wildman–Crippen MR) is 108 cm³/mol. The van der Waals surface area contributed by atoms with E-state index in [1.807, 2.05) is 62.4 Å². The molecule has 0 saturated carbocycles. The van der Waals surface area contributed by atoms with Crippen LogP contribution in [0.5, 0.6) is 5.75 Å². The summed E-state index contributed by atoms with van der Waals surface area (Å²) < 4.78 is 5.21. The van der Waals surface area contributed by atoms with Crippen molar-refractivity contribution in [3.8, 4) is 27.6 Å². The SMILES string of the molecule is COc1ccc(-c2nc(-c3ccc(NC(=O)C(C)C)cc3)c(C)s2)cc1. The molecule has 0 saturated heterocycles. The lowest BCUT2D eigenvalue weighted by Gasteiger charge is -2.08. The molecule has 0 unspecified atom stereocenters. The normalized spacial score (nSPS) is 10.8. The second kappa shape index (κ2) is 7.70. The molecule has 0 aliphatic heterocycles. The van der Waals surface area contributed by atoms with E-state index in [-0.39, 0.29) is 11.8 Å². The third-order valence-corrected chi connectivity index (χ3v) is 5.10. The molecule has 3 aromatic rings. The summed E-state index contributed by atoms with van der Waals surface area (Å²) in [4.78, 5) is 17.8. The molecule has 2 aromatic carbocycles. The number of hydrogen-bond acceptors (Lipinski definition) is 4. The molecule has 1 heterocycles. The van der Waals surface area contributed by atoms with Gasteiger partial charge in [0.05, 0.1) is 12.8 Å². The van der Waals surface area contributed by atoms with Gasteiger partial charge in [0.1, 0.15) is 10.8 Å². The highest BCUT2D eigenvalue weighted by molar-refractivity contribution is 7.15. The zero-order valence-electron chi connectivity index (χ0n) is 15.4. The van der Waals surface area contributed by atoms with Crippen LogP contribution >= 0.6 is 11.3 Å². The van der Waals surface area contributed by atoms with E-state index in [1.54, 1.807) is 18.4 Å². The zero-order chi connectivity index (χ0) is 18.7. The first-order chi connectivity index (χ1) is 12.5. The third kappa shape index (κ3) is 3.94. The van der Waals surface area contributed by atoms with Crippen LogP contribution in [-0.4, -0.2) is 18.0 Å². The van der Waals surface area contributed by atoms with Crippen LogP contribution < -0.4 is 10.1 Å². The fourth-order valence-corrected chi connectivity index (χ4v) is 3.46. The van der Waals surface area contributed by atoms with E-state index in [9.17, 15) is 4.79 Å². The number of amides is 1. The Balaban J connectivity index is 1.83. The molecular formula is C21H22N2O2S. The summed E-state index contributed by atoms with van der Waals surface area (Å²) in [6, 6.07) is 15.8. The standard InChI is InChI=1S/C21H22N2O2S/c1-13(2)20(24)22-17-9-5-15(6-10-17)19-14(3)26-21(23-19)16-7-11-18(25-4)12-8-16/h5-13H,1-4H3,(H,22,24). The molecule has 0 aliphatic rings. The lowest BCUT2D eigenvalue weighted by atomic mass is 10.1. The maximum absolute atomic E-state index is 11.8. The summed E-state index contributed by atoms with van der Waals surface area (Å²) in [7, 11) is 1.66. The minimum absolute atomic E-state index is 0.0179. The number of benzene rings is 2. The summed E-state index contributed by atoms with van der Waals surface area (Å²) in [6.07, 6.45) is 0. The smallest absolute Gasteiger partial charge is 0.226 e. The van der Waals surface area contributed by atoms with E-state index in [0.29, 0.717) is 0 Å². The van der Waals surface area contributed by atoms with E-state index in [4.69, 9.17) is 9.72 Å². The van der Waals surface area contributed by atoms with Crippen LogP contribution in [0.3, 0.4) is 0 Å². The van der Waals surface area contributed by atoms with E-state index in [2.05, 4.69) is 12.2 Å². The molecule has 1 amide bonds. The average Bonchev–Trinajstić information content (AvgIpc) is 3.04. The van der Waals surface area contributed by atoms with Crippen molar-refractivity contribution in [2.24, 2.45) is 5.92 Å². The van der Waals surface area contributed by atoms with Crippen molar-refractivity contribution in [3.63, 3.8) is 0 Å². The van der Waals surface area contributed by atoms with Crippen LogP contribution in [-0.2, 0) is 4.79 Å². The average molecular weight is 366 g/mol. The van der Waals surface area contributed by atoms with Gasteiger partial charge in [0.2, 0.25) is 5.91 Å². The highest BCUT2D eigenvalue weighted by Crippen LogP contribution is 2.34. The van der Waals surface area contributed by atoms with Gasteiger partial charge in [-0.1, -0.05) is 26.0 Å². The molecular weight excluding hydrogens is 344 g/mol. The first kappa shape index (κ1) is 18.1. The number of nitrogens with one attached hydrogen (secondary N) is 1. The quantitative estimate of drug-likeness (QED) is 0.659. The van der Waals surface area contributed by atoms with Gasteiger partial charge in [-0.05, 0) is 43.3 Å². The summed E-state index contributed by atoms with van der Waals surface area (Å²) in [5.41, 5.74) is 3.89. The Hall–Kier alpha value is -2.66. The number of anilines is 1. The second-order valence-electron chi connectivity index (χ2n) is 6.37. The molecule has 0 radical (unpaired) electrons. The van der Waals surface area contributed by atoms with Crippen molar-refractivity contribution >= 4 is 22.9 Å². The molecule has 0 bridgehead atoms. The van der Waals surface area contributed by atoms with Crippen molar-refractivity contribution < 1.29 is 9.53 Å². The van der Waals surface area contributed by atoms with Crippen LogP contribution in [0.25, 0.3) is 21.8 Å². The monoisotopic (exact) mass is 366 g/mol. The van der Waals surface area contributed by atoms with Crippen molar-refractivity contribution in [1.29, 1.82) is 0 Å². The molecule has 26 heavy (non-hydrogen) atoms. The van der Waals surface area contributed by atoms with Gasteiger partial charge < -0.3 is 10.1 Å². The van der Waals surface area contributed by atoms with Crippen LogP contribution in [0, 0.1) is 12.8 Å². The highest BCUT2D eigenvalue weighted by atomic mass is 32.1. The molecule has 1 N–H and O–H groups in total. The summed E-state index contributed by atoms with van der Waals surface area (Å²) >= 11 is 1.67. The van der Waals surface area contributed by atoms with Crippen LogP contribution in [0.2, 0.25) is 0 Å². The number of carbonyl (C=O) groups is 1. The van der Waals surface area contributed by atoms with Crippen LogP contribution in [0.1, 0.15) is 18.7 Å². The molecule has 0 aliphatic carbocycles. The van der Waals surface area contributed by atoms with Crippen LogP contribution in [0.15, 0.2) is 48.5 Å². The number of methoxy groups -OCH3 is 1. The van der Waals surface area contributed by atoms with Crippen molar-refractivity contribution in [1.82, 2.24) is 4.98 Å². The first-order valence-electron chi connectivity index (χ1n) is 8.51. The largest absolute Gasteiger partial charge is 0.497 e. The molecule has 0 spiro atoms. The zero-order valence-corrected chi connectivity index (χ0v) is 16.2. The van der Waals surface area contributed by atoms with Gasteiger partial charge in [-0.15, -0.1) is 11.3 Å². The third-order valence-electron chi connectivity index (χ3n) is 4.08. The molecule has 4 nitrogen and oxygen atoms in total. The minimum Gasteiger partial charge on any atom is -0.497 e. The van der Waals surface area contributed by atoms with Gasteiger partial charge in [0.15, 0.2) is 0 Å². The number of aryl methyl sites for hydroxylation is 1. The van der Waals surface area contributed by atoms with Gasteiger partial charge >= 0.3 is 0 Å². The summed E-state index contributed by atoms with van der Waals surface area (Å²) in [5, 5.41) is 3.89. The predicted octanol–water partition coefficient (Wildman–Crippen LogP) is 5.39. The Labute approximate surface area is 157 Å². The summed E-state index contributed by atoms with van der Waals surface area (Å²) in [5.74, 6) is 0.813. The van der Waals surface area contributed by atoms with E-state index >= 15 is 0 Å². The molecule has 0 fully saturated rings. The minimum atomic E-state index is -0.0393. The Morgan fingerprint density at radius 3 is 2.23 bits per heavy atom. The Kier molecular flexibility index (Phi) is 5.38. The van der Waals surface area contributed by atoms with E-state index < -0.39 is 0 Å². The number of ether oxygens (including phenoxy) is 1. The molecule has 1 aromatic heterocycles. The fraction of sp³-hybridized carbons (Fsp3) is 0.238. The van der Waals surface area contributed by atoms with Gasteiger partial charge in [0, 0.05) is 27.6 Å². The highest BCUT2D eigenvalue weighted by Gasteiger charge is 2.12. The number of thiazole rings is 1. The molecule has 134 valence electrons. The number of nitrogens with zero attached hydrogens (tertiary/aromatic N) is 1. The number of aromatic nitrogens is 1. The maximum Gasteiger partial charge on any atom is 0.226 e. The maximum atomic E-state index is 11.8. The molecule has 3 rings (SSSR count). The van der Waals surface area contributed by atoms with Crippen molar-refractivity contribution in [3.05, 3.63) is 53.4 Å². The fourth-order valence-electron chi connectivity index (χ4n) is 2.52. The molecule has 5 heteroatoms. The van der Waals surface area contributed by atoms with Gasteiger partial charge in [-0.25, -0.2) is 4.98 Å². The topological polar surface area (TPSA) is 51.2 Å². The summed E-state index contributed by atoms with van der Waals surface area (Å²) in [6.45, 7) is 5.83. The Bertz CT molecular complexity index is 897. The Morgan fingerprint density at radius 2 is 1.65 bits per heavy atom. The van der Waals surface area contributed by atoms with Crippen molar-refractivity contribution in [2.45, 2.75) is 20.8 Å². The van der Waals surface area contributed by atoms with E-state index in [1.165, 1.54) is 0 Å². The molecule has 0 atom stereocenters. The van der Waals surface area contributed by atoms with Crippen molar-refractivity contribution in [2.75, 3.05) is 12.4 Å². The number of hydrogen-bond donors (Lipinski definition) is 1. The second-order valence-corrected chi connectivity index (χ2v) is 7.58. The first-order valence-corrected chi connectivity index (χ1v) is 9.32. The number of carbonyl (C=O) groups excluding carboxylic acids is 1. The Morgan fingerprint density at radius 1 is 1.04 bits per heavy atom.